The first kappa shape index (κ1) is 19.7. The molecule has 0 aliphatic rings. The average Bonchev–Trinajstić information content (AvgIpc) is 3.21. The van der Waals surface area contributed by atoms with Crippen molar-refractivity contribution in [2.45, 2.75) is 0 Å². The maximum atomic E-state index is 13.1. The number of methoxy groups -OCH3 is 2. The summed E-state index contributed by atoms with van der Waals surface area (Å²) in [5, 5.41) is 4.76. The predicted molar refractivity (Wildman–Crippen MR) is 120 cm³/mol. The number of hydrogen-bond acceptors (Lipinski definition) is 5. The molecule has 1 N–H and O–H groups in total. The number of carbonyl (C=O) groups excluding carboxylic acids is 2. The number of carbonyl (C=O) groups is 2. The molecule has 4 rings (SSSR count). The lowest BCUT2D eigenvalue weighted by molar-refractivity contribution is 0.0607. The summed E-state index contributed by atoms with van der Waals surface area (Å²) in [6, 6.07) is 22.8. The molecule has 1 heterocycles. The van der Waals surface area contributed by atoms with Crippen molar-refractivity contribution in [3.63, 3.8) is 0 Å². The lowest BCUT2D eigenvalue weighted by Gasteiger charge is -2.11. The Hall–Kier alpha value is -3.64. The van der Waals surface area contributed by atoms with Gasteiger partial charge in [0, 0.05) is 4.88 Å². The van der Waals surface area contributed by atoms with Crippen LogP contribution >= 0.6 is 11.3 Å². The van der Waals surface area contributed by atoms with Crippen LogP contribution in [-0.4, -0.2) is 26.1 Å². The van der Waals surface area contributed by atoms with Crippen molar-refractivity contribution in [3.05, 3.63) is 83.2 Å². The summed E-state index contributed by atoms with van der Waals surface area (Å²) in [5.74, 6) is -0.396. The van der Waals surface area contributed by atoms with Crippen LogP contribution in [0.1, 0.15) is 20.0 Å². The van der Waals surface area contributed by atoms with E-state index in [4.69, 9.17) is 9.47 Å². The molecule has 0 radical (unpaired) electrons. The number of benzene rings is 3. The van der Waals surface area contributed by atoms with Gasteiger partial charge in [0.15, 0.2) is 0 Å². The van der Waals surface area contributed by atoms with E-state index in [1.54, 1.807) is 12.1 Å². The van der Waals surface area contributed by atoms with Crippen molar-refractivity contribution in [2.75, 3.05) is 19.5 Å². The molecule has 6 heteroatoms. The van der Waals surface area contributed by atoms with Crippen LogP contribution < -0.4 is 10.1 Å². The van der Waals surface area contributed by atoms with Crippen molar-refractivity contribution >= 4 is 39.7 Å². The zero-order valence-electron chi connectivity index (χ0n) is 16.5. The van der Waals surface area contributed by atoms with Gasteiger partial charge in [0.25, 0.3) is 5.91 Å². The average molecular weight is 417 g/mol. The molecular formula is C24H19NO4S. The summed E-state index contributed by atoms with van der Waals surface area (Å²) in [6.07, 6.45) is 0. The van der Waals surface area contributed by atoms with Gasteiger partial charge >= 0.3 is 5.97 Å². The first-order valence-corrected chi connectivity index (χ1v) is 10.1. The third-order valence-corrected chi connectivity index (χ3v) is 5.89. The van der Waals surface area contributed by atoms with Gasteiger partial charge in [-0.1, -0.05) is 54.6 Å². The summed E-state index contributed by atoms with van der Waals surface area (Å²) in [4.78, 5) is 26.6. The summed E-state index contributed by atoms with van der Waals surface area (Å²) >= 11 is 1.27. The van der Waals surface area contributed by atoms with E-state index in [1.165, 1.54) is 25.6 Å². The van der Waals surface area contributed by atoms with Crippen molar-refractivity contribution < 1.29 is 19.1 Å². The van der Waals surface area contributed by atoms with Gasteiger partial charge in [0.05, 0.1) is 25.5 Å². The Morgan fingerprint density at radius 3 is 2.20 bits per heavy atom. The van der Waals surface area contributed by atoms with Crippen molar-refractivity contribution in [2.24, 2.45) is 0 Å². The number of nitrogens with one attached hydrogen (secondary N) is 1. The maximum Gasteiger partial charge on any atom is 0.350 e. The Labute approximate surface area is 177 Å². The van der Waals surface area contributed by atoms with Crippen molar-refractivity contribution in [1.82, 2.24) is 0 Å². The molecular weight excluding hydrogens is 398 g/mol. The normalized spacial score (nSPS) is 10.6. The number of fused-ring (bicyclic) bond motifs is 1. The second-order valence-electron chi connectivity index (χ2n) is 6.56. The highest BCUT2D eigenvalue weighted by Gasteiger charge is 2.21. The fourth-order valence-electron chi connectivity index (χ4n) is 3.23. The molecule has 0 aliphatic heterocycles. The highest BCUT2D eigenvalue weighted by atomic mass is 32.1. The number of thiophene rings is 1. The standard InChI is InChI=1S/C24H19NO4S/c1-28-20-13-17-11-7-6-10-16(17)12-18(20)23(26)25-19-14-21(15-8-4-3-5-9-15)30-22(19)24(27)29-2/h3-14H,1-2H3,(H,25,26). The van der Waals surface area contributed by atoms with Gasteiger partial charge in [-0.05, 0) is 34.5 Å². The van der Waals surface area contributed by atoms with Gasteiger partial charge < -0.3 is 14.8 Å². The van der Waals surface area contributed by atoms with E-state index in [0.717, 1.165) is 21.2 Å². The van der Waals surface area contributed by atoms with E-state index in [1.807, 2.05) is 60.7 Å². The lowest BCUT2D eigenvalue weighted by Crippen LogP contribution is -2.15. The third kappa shape index (κ3) is 3.77. The van der Waals surface area contributed by atoms with Crippen LogP contribution in [0.3, 0.4) is 0 Å². The summed E-state index contributed by atoms with van der Waals surface area (Å²) in [5.41, 5.74) is 1.75. The SMILES string of the molecule is COC(=O)c1sc(-c2ccccc2)cc1NC(=O)c1cc2ccccc2cc1OC. The summed E-state index contributed by atoms with van der Waals surface area (Å²) < 4.78 is 10.3. The van der Waals surface area contributed by atoms with Crippen LogP contribution in [-0.2, 0) is 4.74 Å². The van der Waals surface area contributed by atoms with Crippen molar-refractivity contribution in [3.8, 4) is 16.2 Å². The molecule has 4 aromatic rings. The molecule has 0 atom stereocenters. The van der Waals surface area contributed by atoms with E-state index in [-0.39, 0.29) is 5.91 Å². The fourth-order valence-corrected chi connectivity index (χ4v) is 4.27. The first-order chi connectivity index (χ1) is 14.6. The van der Waals surface area contributed by atoms with E-state index < -0.39 is 5.97 Å². The topological polar surface area (TPSA) is 64.6 Å². The highest BCUT2D eigenvalue weighted by Crippen LogP contribution is 2.36. The Morgan fingerprint density at radius 2 is 1.53 bits per heavy atom. The molecule has 0 saturated heterocycles. The number of rotatable bonds is 5. The summed E-state index contributed by atoms with van der Waals surface area (Å²) in [7, 11) is 2.85. The Morgan fingerprint density at radius 1 is 0.867 bits per heavy atom. The molecule has 1 aromatic heterocycles. The number of esters is 1. The van der Waals surface area contributed by atoms with Gasteiger partial charge in [-0.25, -0.2) is 4.79 Å². The molecule has 5 nitrogen and oxygen atoms in total. The van der Waals surface area contributed by atoms with Crippen LogP contribution in [0.25, 0.3) is 21.2 Å². The molecule has 0 fully saturated rings. The van der Waals surface area contributed by atoms with Gasteiger partial charge in [0.1, 0.15) is 10.6 Å². The number of amides is 1. The molecule has 0 unspecified atom stereocenters. The lowest BCUT2D eigenvalue weighted by atomic mass is 10.1. The molecule has 0 bridgehead atoms. The maximum absolute atomic E-state index is 13.1. The fraction of sp³-hybridized carbons (Fsp3) is 0.0833. The van der Waals surface area contributed by atoms with Crippen LogP contribution in [0, 0.1) is 0 Å². The second kappa shape index (κ2) is 8.39. The van der Waals surface area contributed by atoms with E-state index in [0.29, 0.717) is 21.9 Å². The van der Waals surface area contributed by atoms with Gasteiger partial charge in [-0.2, -0.15) is 0 Å². The second-order valence-corrected chi connectivity index (χ2v) is 7.62. The van der Waals surface area contributed by atoms with E-state index >= 15 is 0 Å². The van der Waals surface area contributed by atoms with Crippen LogP contribution in [0.2, 0.25) is 0 Å². The van der Waals surface area contributed by atoms with Gasteiger partial charge in [-0.3, -0.25) is 4.79 Å². The monoisotopic (exact) mass is 417 g/mol. The summed E-state index contributed by atoms with van der Waals surface area (Å²) in [6.45, 7) is 0. The smallest absolute Gasteiger partial charge is 0.350 e. The predicted octanol–water partition coefficient (Wildman–Crippen LogP) is 5.62. The zero-order chi connectivity index (χ0) is 21.1. The highest BCUT2D eigenvalue weighted by molar-refractivity contribution is 7.18. The number of anilines is 1. The van der Waals surface area contributed by atoms with Crippen molar-refractivity contribution in [1.29, 1.82) is 0 Å². The Bertz CT molecular complexity index is 1230. The third-order valence-electron chi connectivity index (χ3n) is 4.72. The first-order valence-electron chi connectivity index (χ1n) is 9.26. The minimum atomic E-state index is -0.497. The number of ether oxygens (including phenoxy) is 2. The van der Waals surface area contributed by atoms with Crippen LogP contribution in [0.5, 0.6) is 5.75 Å². The zero-order valence-corrected chi connectivity index (χ0v) is 17.3. The molecule has 0 saturated carbocycles. The minimum Gasteiger partial charge on any atom is -0.496 e. The minimum absolute atomic E-state index is 0.337. The van der Waals surface area contributed by atoms with E-state index in [2.05, 4.69) is 5.32 Å². The molecule has 3 aromatic carbocycles. The quantitative estimate of drug-likeness (QED) is 0.428. The molecule has 0 spiro atoms. The molecule has 0 aliphatic carbocycles. The molecule has 1 amide bonds. The van der Waals surface area contributed by atoms with Crippen LogP contribution in [0.15, 0.2) is 72.8 Å². The number of hydrogen-bond donors (Lipinski definition) is 1. The molecule has 30 heavy (non-hydrogen) atoms. The molecule has 150 valence electrons. The van der Waals surface area contributed by atoms with E-state index in [9.17, 15) is 9.59 Å². The van der Waals surface area contributed by atoms with Gasteiger partial charge in [0.2, 0.25) is 0 Å². The van der Waals surface area contributed by atoms with Crippen LogP contribution in [0.4, 0.5) is 5.69 Å². The van der Waals surface area contributed by atoms with Gasteiger partial charge in [-0.15, -0.1) is 11.3 Å². The largest absolute Gasteiger partial charge is 0.496 e. The Balaban J connectivity index is 1.73. The Kier molecular flexibility index (Phi) is 5.50.